The van der Waals surface area contributed by atoms with E-state index in [4.69, 9.17) is 5.73 Å². The highest BCUT2D eigenvalue weighted by Crippen LogP contribution is 2.40. The molecule has 0 unspecified atom stereocenters. The number of alkyl halides is 3. The number of rotatable bonds is 2. The normalized spacial score (nSPS) is 11.3. The third-order valence-electron chi connectivity index (χ3n) is 3.52. The van der Waals surface area contributed by atoms with Crippen molar-refractivity contribution in [3.05, 3.63) is 46.6 Å². The lowest BCUT2D eigenvalue weighted by Crippen LogP contribution is -2.10. The van der Waals surface area contributed by atoms with E-state index in [1.807, 2.05) is 13.0 Å². The van der Waals surface area contributed by atoms with E-state index in [1.54, 1.807) is 6.92 Å². The summed E-state index contributed by atoms with van der Waals surface area (Å²) in [6.07, 6.45) is -4.00. The molecular formula is C16H14F3N3. The summed E-state index contributed by atoms with van der Waals surface area (Å²) in [5.74, 6) is -0.0445. The van der Waals surface area contributed by atoms with Gasteiger partial charge in [-0.25, -0.2) is 4.98 Å². The molecule has 2 N–H and O–H groups in total. The first-order chi connectivity index (χ1) is 10.3. The van der Waals surface area contributed by atoms with Crippen LogP contribution in [-0.4, -0.2) is 4.98 Å². The smallest absolute Gasteiger partial charge is 0.383 e. The van der Waals surface area contributed by atoms with Crippen LogP contribution >= 0.6 is 0 Å². The lowest BCUT2D eigenvalue weighted by Gasteiger charge is -2.18. The molecule has 0 fully saturated rings. The van der Waals surface area contributed by atoms with E-state index >= 15 is 0 Å². The van der Waals surface area contributed by atoms with E-state index in [1.165, 1.54) is 18.2 Å². The van der Waals surface area contributed by atoms with Crippen LogP contribution in [0.4, 0.5) is 19.0 Å². The number of nitrogens with two attached hydrogens (primary N) is 1. The molecule has 6 heteroatoms. The standard InChI is InChI=1S/C16H14F3N3/c1-3-13-9(2)14(11(8-20)15(21)22-13)10-6-4-5-7-12(10)16(17,18)19/h4-7H,3H2,1-2H3,(H2,21,22). The summed E-state index contributed by atoms with van der Waals surface area (Å²) >= 11 is 0. The minimum atomic E-state index is -4.51. The maximum Gasteiger partial charge on any atom is 0.417 e. The van der Waals surface area contributed by atoms with Gasteiger partial charge < -0.3 is 5.73 Å². The quantitative estimate of drug-likeness (QED) is 0.909. The summed E-state index contributed by atoms with van der Waals surface area (Å²) in [6.45, 7) is 3.49. The van der Waals surface area contributed by atoms with Crippen molar-refractivity contribution < 1.29 is 13.2 Å². The Morgan fingerprint density at radius 2 is 1.91 bits per heavy atom. The number of aromatic nitrogens is 1. The van der Waals surface area contributed by atoms with E-state index in [0.29, 0.717) is 17.7 Å². The molecule has 2 rings (SSSR count). The van der Waals surface area contributed by atoms with Crippen molar-refractivity contribution in [3.8, 4) is 17.2 Å². The van der Waals surface area contributed by atoms with Gasteiger partial charge in [-0.1, -0.05) is 25.1 Å². The number of nitrogen functional groups attached to an aromatic ring is 1. The molecule has 0 atom stereocenters. The zero-order chi connectivity index (χ0) is 16.5. The number of nitrogens with zero attached hydrogens (tertiary/aromatic N) is 2. The van der Waals surface area contributed by atoms with Gasteiger partial charge in [-0.05, 0) is 30.5 Å². The van der Waals surface area contributed by atoms with E-state index < -0.39 is 11.7 Å². The average molecular weight is 305 g/mol. The lowest BCUT2D eigenvalue weighted by molar-refractivity contribution is -0.137. The second-order valence-electron chi connectivity index (χ2n) is 4.83. The van der Waals surface area contributed by atoms with Crippen LogP contribution in [0.5, 0.6) is 0 Å². The fraction of sp³-hybridized carbons (Fsp3) is 0.250. The van der Waals surface area contributed by atoms with Crippen molar-refractivity contribution in [3.63, 3.8) is 0 Å². The monoisotopic (exact) mass is 305 g/mol. The second kappa shape index (κ2) is 5.68. The van der Waals surface area contributed by atoms with Gasteiger partial charge in [0.15, 0.2) is 0 Å². The molecule has 3 nitrogen and oxygen atoms in total. The van der Waals surface area contributed by atoms with Gasteiger partial charge in [0.2, 0.25) is 0 Å². The van der Waals surface area contributed by atoms with Gasteiger partial charge in [-0.3, -0.25) is 0 Å². The Morgan fingerprint density at radius 1 is 1.27 bits per heavy atom. The van der Waals surface area contributed by atoms with E-state index in [9.17, 15) is 18.4 Å². The second-order valence-corrected chi connectivity index (χ2v) is 4.83. The van der Waals surface area contributed by atoms with Crippen LogP contribution in [-0.2, 0) is 12.6 Å². The number of pyridine rings is 1. The minimum absolute atomic E-state index is 0.0219. The molecule has 0 aliphatic heterocycles. The van der Waals surface area contributed by atoms with Gasteiger partial charge in [-0.2, -0.15) is 18.4 Å². The van der Waals surface area contributed by atoms with Gasteiger partial charge in [-0.15, -0.1) is 0 Å². The van der Waals surface area contributed by atoms with E-state index in [-0.39, 0.29) is 22.5 Å². The van der Waals surface area contributed by atoms with Crippen LogP contribution in [0.15, 0.2) is 24.3 Å². The van der Waals surface area contributed by atoms with Crippen molar-refractivity contribution in [2.75, 3.05) is 5.73 Å². The highest BCUT2D eigenvalue weighted by atomic mass is 19.4. The number of hydrogen-bond donors (Lipinski definition) is 1. The zero-order valence-electron chi connectivity index (χ0n) is 12.1. The molecule has 22 heavy (non-hydrogen) atoms. The zero-order valence-corrected chi connectivity index (χ0v) is 12.1. The lowest BCUT2D eigenvalue weighted by atomic mass is 9.91. The number of nitriles is 1. The van der Waals surface area contributed by atoms with Crippen molar-refractivity contribution in [2.45, 2.75) is 26.4 Å². The maximum atomic E-state index is 13.3. The van der Waals surface area contributed by atoms with E-state index in [0.717, 1.165) is 6.07 Å². The Hall–Kier alpha value is -2.55. The third kappa shape index (κ3) is 2.62. The molecule has 0 radical (unpaired) electrons. The summed E-state index contributed by atoms with van der Waals surface area (Å²) in [6, 6.07) is 7.05. The first kappa shape index (κ1) is 15.8. The molecule has 0 aliphatic rings. The number of aryl methyl sites for hydroxylation is 1. The molecule has 1 heterocycles. The Bertz CT molecular complexity index is 758. The first-order valence-electron chi connectivity index (χ1n) is 6.66. The fourth-order valence-corrected chi connectivity index (χ4v) is 2.49. The van der Waals surface area contributed by atoms with Gasteiger partial charge in [0.1, 0.15) is 17.5 Å². The van der Waals surface area contributed by atoms with Gasteiger partial charge in [0.25, 0.3) is 0 Å². The molecule has 1 aromatic carbocycles. The van der Waals surface area contributed by atoms with Crippen molar-refractivity contribution in [1.82, 2.24) is 4.98 Å². The molecule has 2 aromatic rings. The summed E-state index contributed by atoms with van der Waals surface area (Å²) < 4.78 is 39.8. The highest BCUT2D eigenvalue weighted by Gasteiger charge is 2.34. The Kier molecular flexibility index (Phi) is 4.09. The highest BCUT2D eigenvalue weighted by molar-refractivity contribution is 5.81. The Morgan fingerprint density at radius 3 is 2.45 bits per heavy atom. The molecule has 0 spiro atoms. The fourth-order valence-electron chi connectivity index (χ4n) is 2.49. The van der Waals surface area contributed by atoms with Crippen LogP contribution in [0.2, 0.25) is 0 Å². The van der Waals surface area contributed by atoms with Gasteiger partial charge in [0.05, 0.1) is 5.56 Å². The summed E-state index contributed by atoms with van der Waals surface area (Å²) in [7, 11) is 0. The molecule has 1 aromatic heterocycles. The molecular weight excluding hydrogens is 291 g/mol. The summed E-state index contributed by atoms with van der Waals surface area (Å²) in [5.41, 5.74) is 6.24. The van der Waals surface area contributed by atoms with Crippen molar-refractivity contribution in [1.29, 1.82) is 5.26 Å². The minimum Gasteiger partial charge on any atom is -0.383 e. The van der Waals surface area contributed by atoms with Gasteiger partial charge in [0, 0.05) is 11.3 Å². The first-order valence-corrected chi connectivity index (χ1v) is 6.66. The molecule has 0 aliphatic carbocycles. The molecule has 114 valence electrons. The number of halogens is 3. The van der Waals surface area contributed by atoms with Crippen molar-refractivity contribution >= 4 is 5.82 Å². The average Bonchev–Trinajstić information content (AvgIpc) is 2.47. The van der Waals surface area contributed by atoms with Crippen LogP contribution in [0.1, 0.15) is 29.3 Å². The predicted molar refractivity (Wildman–Crippen MR) is 77.9 cm³/mol. The topological polar surface area (TPSA) is 62.7 Å². The summed E-state index contributed by atoms with van der Waals surface area (Å²) in [5, 5.41) is 9.29. The van der Waals surface area contributed by atoms with Crippen LogP contribution in [0.3, 0.4) is 0 Å². The van der Waals surface area contributed by atoms with Gasteiger partial charge >= 0.3 is 6.18 Å². The van der Waals surface area contributed by atoms with Crippen LogP contribution in [0, 0.1) is 18.3 Å². The van der Waals surface area contributed by atoms with E-state index in [2.05, 4.69) is 4.98 Å². The van der Waals surface area contributed by atoms with Crippen molar-refractivity contribution in [2.24, 2.45) is 0 Å². The molecule has 0 bridgehead atoms. The van der Waals surface area contributed by atoms with Crippen LogP contribution < -0.4 is 5.73 Å². The molecule has 0 saturated heterocycles. The maximum absolute atomic E-state index is 13.3. The predicted octanol–water partition coefficient (Wildman–Crippen LogP) is 4.09. The Labute approximate surface area is 126 Å². The van der Waals surface area contributed by atoms with Crippen LogP contribution in [0.25, 0.3) is 11.1 Å². The molecule has 0 amide bonds. The number of hydrogen-bond acceptors (Lipinski definition) is 3. The Balaban J connectivity index is 2.90. The largest absolute Gasteiger partial charge is 0.417 e. The SMILES string of the molecule is CCc1nc(N)c(C#N)c(-c2ccccc2C(F)(F)F)c1C. The summed E-state index contributed by atoms with van der Waals surface area (Å²) in [4.78, 5) is 4.11. The number of benzene rings is 1. The molecule has 0 saturated carbocycles. The third-order valence-corrected chi connectivity index (χ3v) is 3.52. The number of anilines is 1.